The molecule has 0 bridgehead atoms. The minimum atomic E-state index is 0.548. The normalized spacial score (nSPS) is 23.9. The van der Waals surface area contributed by atoms with E-state index in [0.717, 1.165) is 28.3 Å². The molecule has 1 aromatic heterocycles. The smallest absolute Gasteiger partial charge is 0.134 e. The molecule has 3 heteroatoms. The molecule has 0 amide bonds. The van der Waals surface area contributed by atoms with E-state index in [0.29, 0.717) is 11.8 Å². The summed E-state index contributed by atoms with van der Waals surface area (Å²) in [5.74, 6) is 2.37. The van der Waals surface area contributed by atoms with Crippen molar-refractivity contribution < 1.29 is 4.42 Å². The van der Waals surface area contributed by atoms with Crippen molar-refractivity contribution in [2.75, 3.05) is 13.6 Å². The molecule has 1 aromatic carbocycles. The lowest BCUT2D eigenvalue weighted by Gasteiger charge is -2.29. The highest BCUT2D eigenvalue weighted by Crippen LogP contribution is 2.39. The third-order valence-corrected chi connectivity index (χ3v) is 4.47. The highest BCUT2D eigenvalue weighted by Gasteiger charge is 2.28. The van der Waals surface area contributed by atoms with Gasteiger partial charge in [-0.05, 0) is 56.6 Å². The maximum atomic E-state index is 6.05. The number of furan rings is 1. The molecule has 102 valence electrons. The third kappa shape index (κ3) is 2.65. The molecule has 1 aliphatic rings. The van der Waals surface area contributed by atoms with Crippen molar-refractivity contribution in [2.45, 2.75) is 31.6 Å². The Morgan fingerprint density at radius 2 is 2.11 bits per heavy atom. The van der Waals surface area contributed by atoms with E-state index in [1.165, 1.54) is 25.7 Å². The van der Waals surface area contributed by atoms with E-state index in [9.17, 15) is 0 Å². The quantitative estimate of drug-likeness (QED) is 0.888. The van der Waals surface area contributed by atoms with Gasteiger partial charge in [0.15, 0.2) is 0 Å². The fraction of sp³-hybridized carbons (Fsp3) is 0.500. The van der Waals surface area contributed by atoms with Crippen molar-refractivity contribution in [3.05, 3.63) is 35.0 Å². The van der Waals surface area contributed by atoms with Gasteiger partial charge in [-0.3, -0.25) is 0 Å². The first-order valence-electron chi connectivity index (χ1n) is 7.11. The molecule has 2 nitrogen and oxygen atoms in total. The average molecular weight is 278 g/mol. The Labute approximate surface area is 119 Å². The summed E-state index contributed by atoms with van der Waals surface area (Å²) in [7, 11) is 2.03. The van der Waals surface area contributed by atoms with Crippen LogP contribution in [0.15, 0.2) is 28.7 Å². The molecule has 1 saturated carbocycles. The second kappa shape index (κ2) is 5.56. The number of fused-ring (bicyclic) bond motifs is 1. The Morgan fingerprint density at radius 1 is 1.26 bits per heavy atom. The number of nitrogens with one attached hydrogen (secondary N) is 1. The Morgan fingerprint density at radius 3 is 2.95 bits per heavy atom. The fourth-order valence-corrected chi connectivity index (χ4v) is 3.49. The number of hydrogen-bond acceptors (Lipinski definition) is 2. The van der Waals surface area contributed by atoms with E-state index < -0.39 is 0 Å². The number of halogens is 1. The van der Waals surface area contributed by atoms with Crippen LogP contribution in [0.3, 0.4) is 0 Å². The van der Waals surface area contributed by atoms with E-state index in [2.05, 4.69) is 11.4 Å². The summed E-state index contributed by atoms with van der Waals surface area (Å²) in [5.41, 5.74) is 0.952. The lowest BCUT2D eigenvalue weighted by molar-refractivity contribution is 0.272. The minimum absolute atomic E-state index is 0.548. The first kappa shape index (κ1) is 13.0. The summed E-state index contributed by atoms with van der Waals surface area (Å²) < 4.78 is 6.05. The molecule has 1 aliphatic carbocycles. The zero-order valence-electron chi connectivity index (χ0n) is 11.3. The number of hydrogen-bond donors (Lipinski definition) is 1. The van der Waals surface area contributed by atoms with Gasteiger partial charge in [-0.25, -0.2) is 0 Å². The topological polar surface area (TPSA) is 25.2 Å². The highest BCUT2D eigenvalue weighted by molar-refractivity contribution is 6.31. The van der Waals surface area contributed by atoms with Gasteiger partial charge in [-0.1, -0.05) is 24.4 Å². The van der Waals surface area contributed by atoms with Crippen LogP contribution in [0, 0.1) is 5.92 Å². The van der Waals surface area contributed by atoms with Gasteiger partial charge in [-0.2, -0.15) is 0 Å². The van der Waals surface area contributed by atoms with Crippen molar-refractivity contribution in [3.8, 4) is 0 Å². The van der Waals surface area contributed by atoms with Crippen LogP contribution in [-0.2, 0) is 0 Å². The fourth-order valence-electron chi connectivity index (χ4n) is 3.31. The summed E-state index contributed by atoms with van der Waals surface area (Å²) in [6, 6.07) is 8.03. The van der Waals surface area contributed by atoms with Gasteiger partial charge in [0.25, 0.3) is 0 Å². The largest absolute Gasteiger partial charge is 0.461 e. The first-order valence-corrected chi connectivity index (χ1v) is 7.49. The summed E-state index contributed by atoms with van der Waals surface area (Å²) in [4.78, 5) is 0. The molecule has 19 heavy (non-hydrogen) atoms. The lowest BCUT2D eigenvalue weighted by atomic mass is 9.78. The van der Waals surface area contributed by atoms with E-state index >= 15 is 0 Å². The van der Waals surface area contributed by atoms with E-state index in [1.54, 1.807) is 0 Å². The molecule has 2 atom stereocenters. The van der Waals surface area contributed by atoms with Gasteiger partial charge in [0, 0.05) is 16.3 Å². The highest BCUT2D eigenvalue weighted by atomic mass is 35.5. The summed E-state index contributed by atoms with van der Waals surface area (Å²) >= 11 is 6.04. The van der Waals surface area contributed by atoms with Crippen LogP contribution in [-0.4, -0.2) is 13.6 Å². The zero-order valence-corrected chi connectivity index (χ0v) is 12.0. The van der Waals surface area contributed by atoms with Crippen molar-refractivity contribution >= 4 is 22.6 Å². The molecule has 0 spiro atoms. The predicted octanol–water partition coefficient (Wildman–Crippen LogP) is 4.58. The number of rotatable bonds is 3. The van der Waals surface area contributed by atoms with E-state index in [-0.39, 0.29) is 0 Å². The van der Waals surface area contributed by atoms with Crippen LogP contribution in [0.25, 0.3) is 11.0 Å². The molecule has 0 saturated heterocycles. The van der Waals surface area contributed by atoms with Crippen molar-refractivity contribution in [2.24, 2.45) is 5.92 Å². The van der Waals surface area contributed by atoms with Crippen molar-refractivity contribution in [3.63, 3.8) is 0 Å². The molecular formula is C16H20ClNO. The van der Waals surface area contributed by atoms with Gasteiger partial charge in [0.1, 0.15) is 11.3 Å². The molecule has 1 heterocycles. The van der Waals surface area contributed by atoms with Crippen LogP contribution in [0.2, 0.25) is 5.02 Å². The second-order valence-electron chi connectivity index (χ2n) is 5.54. The van der Waals surface area contributed by atoms with Gasteiger partial charge in [0.2, 0.25) is 0 Å². The monoisotopic (exact) mass is 277 g/mol. The maximum Gasteiger partial charge on any atom is 0.134 e. The van der Waals surface area contributed by atoms with Gasteiger partial charge < -0.3 is 9.73 Å². The van der Waals surface area contributed by atoms with Crippen LogP contribution < -0.4 is 5.32 Å². The van der Waals surface area contributed by atoms with Gasteiger partial charge >= 0.3 is 0 Å². The first-order chi connectivity index (χ1) is 9.28. The van der Waals surface area contributed by atoms with Crippen LogP contribution in [0.5, 0.6) is 0 Å². The van der Waals surface area contributed by atoms with E-state index in [1.807, 2.05) is 25.2 Å². The molecule has 3 rings (SSSR count). The van der Waals surface area contributed by atoms with Gasteiger partial charge in [0.05, 0.1) is 0 Å². The Balaban J connectivity index is 1.92. The Hall–Kier alpha value is -0.990. The molecule has 1 fully saturated rings. The summed E-state index contributed by atoms with van der Waals surface area (Å²) in [5, 5.41) is 5.21. The molecule has 2 unspecified atom stereocenters. The Bertz CT molecular complexity index is 561. The Kier molecular flexibility index (Phi) is 3.81. The number of benzene rings is 1. The van der Waals surface area contributed by atoms with Crippen molar-refractivity contribution in [1.82, 2.24) is 5.32 Å². The summed E-state index contributed by atoms with van der Waals surface area (Å²) in [6.07, 6.45) is 5.18. The predicted molar refractivity (Wildman–Crippen MR) is 79.8 cm³/mol. The van der Waals surface area contributed by atoms with Gasteiger partial charge in [-0.15, -0.1) is 0 Å². The lowest BCUT2D eigenvalue weighted by Crippen LogP contribution is -2.27. The standard InChI is InChI=1S/C16H20ClNO/c1-18-10-11-4-2-3-5-14(11)16-9-12-8-13(17)6-7-15(12)19-16/h6-9,11,14,18H,2-5,10H2,1H3. The third-order valence-electron chi connectivity index (χ3n) is 4.24. The van der Waals surface area contributed by atoms with Crippen LogP contribution in [0.4, 0.5) is 0 Å². The van der Waals surface area contributed by atoms with E-state index in [4.69, 9.17) is 16.0 Å². The minimum Gasteiger partial charge on any atom is -0.461 e. The molecule has 0 radical (unpaired) electrons. The average Bonchev–Trinajstić information content (AvgIpc) is 2.82. The molecule has 0 aliphatic heterocycles. The molecule has 1 N–H and O–H groups in total. The van der Waals surface area contributed by atoms with Crippen LogP contribution >= 0.6 is 11.6 Å². The summed E-state index contributed by atoms with van der Waals surface area (Å²) in [6.45, 7) is 1.07. The van der Waals surface area contributed by atoms with Crippen LogP contribution in [0.1, 0.15) is 37.4 Å². The second-order valence-corrected chi connectivity index (χ2v) is 5.98. The van der Waals surface area contributed by atoms with Crippen molar-refractivity contribution in [1.29, 1.82) is 0 Å². The SMILES string of the molecule is CNCC1CCCCC1c1cc2cc(Cl)ccc2o1. The molecule has 2 aromatic rings. The zero-order chi connectivity index (χ0) is 13.2. The molecular weight excluding hydrogens is 258 g/mol. The maximum absolute atomic E-state index is 6.05.